The first-order valence-electron chi connectivity index (χ1n) is 10.6. The Morgan fingerprint density at radius 3 is 2.59 bits per heavy atom. The molecule has 3 rings (SSSR count). The molecule has 0 spiro atoms. The van der Waals surface area contributed by atoms with Gasteiger partial charge in [0.25, 0.3) is 5.91 Å². The first-order chi connectivity index (χ1) is 16.1. The van der Waals surface area contributed by atoms with E-state index in [9.17, 15) is 33.4 Å². The molecule has 0 bridgehead atoms. The van der Waals surface area contributed by atoms with Crippen LogP contribution in [0.1, 0.15) is 35.1 Å². The molecule has 1 saturated carbocycles. The van der Waals surface area contributed by atoms with Crippen molar-refractivity contribution in [1.82, 2.24) is 5.32 Å². The fraction of sp³-hybridized carbons (Fsp3) is 0.417. The van der Waals surface area contributed by atoms with E-state index >= 15 is 0 Å². The average molecular weight is 478 g/mol. The first-order valence-corrected chi connectivity index (χ1v) is 10.6. The number of hydrogen-bond acceptors (Lipinski definition) is 6. The van der Waals surface area contributed by atoms with Crippen LogP contribution in [-0.2, 0) is 33.7 Å². The Morgan fingerprint density at radius 2 is 1.91 bits per heavy atom. The van der Waals surface area contributed by atoms with Gasteiger partial charge in [-0.2, -0.15) is 18.4 Å². The standard InChI is InChI=1S/C24H25F3N2O5/c1-29-22(32)23(34-13-15-5-4-8-18(9-15)24(25,26)27)10-19(30)21(31)20(11-23)33-14-17-7-3-2-6-16(17)12-28/h2-9,19-21,30-31H,10-11,13-14H2,1H3,(H,29,32)/t19-,20?,21-,23+/m1/s1. The Balaban J connectivity index is 1.80. The lowest BCUT2D eigenvalue weighted by Gasteiger charge is -2.43. The summed E-state index contributed by atoms with van der Waals surface area (Å²) in [5.74, 6) is -0.601. The normalized spacial score (nSPS) is 24.9. The third-order valence-electron chi connectivity index (χ3n) is 5.85. The Bertz CT molecular complexity index is 1060. The van der Waals surface area contributed by atoms with Gasteiger partial charge < -0.3 is 25.0 Å². The molecule has 0 aromatic heterocycles. The Kier molecular flexibility index (Phi) is 7.94. The number of halogens is 3. The molecule has 1 aliphatic rings. The van der Waals surface area contributed by atoms with Crippen LogP contribution in [0.4, 0.5) is 13.2 Å². The van der Waals surface area contributed by atoms with Gasteiger partial charge in [-0.25, -0.2) is 0 Å². The second-order valence-electron chi connectivity index (χ2n) is 8.14. The highest BCUT2D eigenvalue weighted by molar-refractivity contribution is 5.85. The average Bonchev–Trinajstić information content (AvgIpc) is 2.83. The van der Waals surface area contributed by atoms with Gasteiger partial charge in [-0.05, 0) is 29.3 Å². The SMILES string of the molecule is CNC(=O)[C@@]1(OCc2cccc(C(F)(F)F)c2)CC(OCc2ccccc2C#N)[C@H](O)[C@H](O)C1. The van der Waals surface area contributed by atoms with E-state index in [1.54, 1.807) is 24.3 Å². The van der Waals surface area contributed by atoms with E-state index in [1.165, 1.54) is 19.2 Å². The van der Waals surface area contributed by atoms with Gasteiger partial charge in [0.15, 0.2) is 5.60 Å². The van der Waals surface area contributed by atoms with Crippen molar-refractivity contribution in [2.24, 2.45) is 0 Å². The molecule has 0 radical (unpaired) electrons. The molecule has 1 fully saturated rings. The van der Waals surface area contributed by atoms with Crippen LogP contribution < -0.4 is 5.32 Å². The van der Waals surface area contributed by atoms with Crippen molar-refractivity contribution in [2.75, 3.05) is 7.05 Å². The third-order valence-corrected chi connectivity index (χ3v) is 5.85. The van der Waals surface area contributed by atoms with Gasteiger partial charge in [-0.3, -0.25) is 4.79 Å². The van der Waals surface area contributed by atoms with Crippen LogP contribution in [0.2, 0.25) is 0 Å². The molecule has 1 aliphatic carbocycles. The number of nitrogens with one attached hydrogen (secondary N) is 1. The van der Waals surface area contributed by atoms with E-state index in [0.717, 1.165) is 12.1 Å². The lowest BCUT2D eigenvalue weighted by atomic mass is 9.78. The maximum absolute atomic E-state index is 13.0. The topological polar surface area (TPSA) is 112 Å². The summed E-state index contributed by atoms with van der Waals surface area (Å²) < 4.78 is 50.8. The zero-order chi connectivity index (χ0) is 24.9. The third kappa shape index (κ3) is 5.74. The summed E-state index contributed by atoms with van der Waals surface area (Å²) in [6.45, 7) is -0.389. The maximum atomic E-state index is 13.0. The Morgan fingerprint density at radius 1 is 1.18 bits per heavy atom. The highest BCUT2D eigenvalue weighted by Crippen LogP contribution is 2.36. The van der Waals surface area contributed by atoms with E-state index in [0.29, 0.717) is 11.1 Å². The molecule has 3 N–H and O–H groups in total. The van der Waals surface area contributed by atoms with Crippen molar-refractivity contribution < 1.29 is 37.7 Å². The second-order valence-corrected chi connectivity index (χ2v) is 8.14. The van der Waals surface area contributed by atoms with Gasteiger partial charge in [0, 0.05) is 19.9 Å². The predicted molar refractivity (Wildman–Crippen MR) is 114 cm³/mol. The molecule has 0 aliphatic heterocycles. The second kappa shape index (κ2) is 10.5. The number of amides is 1. The summed E-state index contributed by atoms with van der Waals surface area (Å²) in [5, 5.41) is 32.7. The number of nitrogens with zero attached hydrogens (tertiary/aromatic N) is 1. The van der Waals surface area contributed by atoms with E-state index in [1.807, 2.05) is 6.07 Å². The number of benzene rings is 2. The van der Waals surface area contributed by atoms with Gasteiger partial charge in [-0.1, -0.05) is 30.3 Å². The highest BCUT2D eigenvalue weighted by Gasteiger charge is 2.51. The number of hydrogen-bond donors (Lipinski definition) is 3. The summed E-state index contributed by atoms with van der Waals surface area (Å²) >= 11 is 0. The van der Waals surface area contributed by atoms with Crippen molar-refractivity contribution in [3.63, 3.8) is 0 Å². The Labute approximate surface area is 194 Å². The van der Waals surface area contributed by atoms with Gasteiger partial charge in [-0.15, -0.1) is 0 Å². The lowest BCUT2D eigenvalue weighted by Crippen LogP contribution is -2.60. The molecule has 1 unspecified atom stereocenters. The van der Waals surface area contributed by atoms with Crippen LogP contribution in [0.3, 0.4) is 0 Å². The molecule has 2 aromatic rings. The van der Waals surface area contributed by atoms with Crippen LogP contribution in [-0.4, -0.2) is 47.1 Å². The van der Waals surface area contributed by atoms with Crippen molar-refractivity contribution in [1.29, 1.82) is 5.26 Å². The molecule has 10 heteroatoms. The van der Waals surface area contributed by atoms with E-state index < -0.39 is 41.6 Å². The van der Waals surface area contributed by atoms with E-state index in [-0.39, 0.29) is 31.6 Å². The molecular formula is C24H25F3N2O5. The van der Waals surface area contributed by atoms with E-state index in [2.05, 4.69) is 5.32 Å². The number of carbonyl (C=O) groups excluding carboxylic acids is 1. The molecule has 182 valence electrons. The highest BCUT2D eigenvalue weighted by atomic mass is 19.4. The monoisotopic (exact) mass is 478 g/mol. The smallest absolute Gasteiger partial charge is 0.390 e. The largest absolute Gasteiger partial charge is 0.416 e. The van der Waals surface area contributed by atoms with Gasteiger partial charge in [0.1, 0.15) is 6.10 Å². The van der Waals surface area contributed by atoms with Crippen molar-refractivity contribution in [2.45, 2.75) is 56.1 Å². The van der Waals surface area contributed by atoms with Gasteiger partial charge in [0.2, 0.25) is 0 Å². The summed E-state index contributed by atoms with van der Waals surface area (Å²) in [6.07, 6.45) is -8.71. The number of alkyl halides is 3. The minimum atomic E-state index is -4.53. The molecule has 4 atom stereocenters. The molecule has 34 heavy (non-hydrogen) atoms. The van der Waals surface area contributed by atoms with Crippen LogP contribution in [0.25, 0.3) is 0 Å². The summed E-state index contributed by atoms with van der Waals surface area (Å²) in [4.78, 5) is 12.8. The van der Waals surface area contributed by atoms with Crippen molar-refractivity contribution in [3.05, 3.63) is 70.8 Å². The number of aliphatic hydroxyl groups is 2. The lowest BCUT2D eigenvalue weighted by molar-refractivity contribution is -0.199. The van der Waals surface area contributed by atoms with Crippen LogP contribution >= 0.6 is 0 Å². The van der Waals surface area contributed by atoms with Crippen LogP contribution in [0, 0.1) is 11.3 Å². The summed E-state index contributed by atoms with van der Waals surface area (Å²) in [7, 11) is 1.37. The predicted octanol–water partition coefficient (Wildman–Crippen LogP) is 2.68. The minimum absolute atomic E-state index is 0.0599. The number of carbonyl (C=O) groups is 1. The van der Waals surface area contributed by atoms with Crippen LogP contribution in [0.15, 0.2) is 48.5 Å². The molecule has 7 nitrogen and oxygen atoms in total. The molecule has 0 heterocycles. The van der Waals surface area contributed by atoms with Crippen molar-refractivity contribution in [3.8, 4) is 6.07 Å². The number of rotatable bonds is 7. The molecule has 2 aromatic carbocycles. The number of nitriles is 1. The zero-order valence-corrected chi connectivity index (χ0v) is 18.4. The zero-order valence-electron chi connectivity index (χ0n) is 18.4. The number of aliphatic hydroxyl groups excluding tert-OH is 2. The maximum Gasteiger partial charge on any atom is 0.416 e. The number of likely N-dealkylation sites (N-methyl/N-ethyl adjacent to an activating group) is 1. The van der Waals surface area contributed by atoms with Crippen molar-refractivity contribution >= 4 is 5.91 Å². The quantitative estimate of drug-likeness (QED) is 0.564. The fourth-order valence-electron chi connectivity index (χ4n) is 4.00. The first kappa shape index (κ1) is 25.6. The molecule has 0 saturated heterocycles. The molecule has 1 amide bonds. The van der Waals surface area contributed by atoms with Gasteiger partial charge >= 0.3 is 6.18 Å². The summed E-state index contributed by atoms with van der Waals surface area (Å²) in [6, 6.07) is 13.3. The van der Waals surface area contributed by atoms with E-state index in [4.69, 9.17) is 9.47 Å². The van der Waals surface area contributed by atoms with Gasteiger partial charge in [0.05, 0.1) is 42.6 Å². The minimum Gasteiger partial charge on any atom is -0.390 e. The van der Waals surface area contributed by atoms with Crippen LogP contribution in [0.5, 0.6) is 0 Å². The number of ether oxygens (including phenoxy) is 2. The summed E-state index contributed by atoms with van der Waals surface area (Å²) in [5.41, 5.74) is -1.36. The Hall–Kier alpha value is -2.97. The fourth-order valence-corrected chi connectivity index (χ4v) is 4.00. The molecular weight excluding hydrogens is 453 g/mol.